The van der Waals surface area contributed by atoms with Crippen molar-refractivity contribution in [3.05, 3.63) is 107 Å². The monoisotopic (exact) mass is 302 g/mol. The number of allylic oxidation sites excluding steroid dienone is 5. The van der Waals surface area contributed by atoms with E-state index in [9.17, 15) is 5.11 Å². The summed E-state index contributed by atoms with van der Waals surface area (Å²) in [4.78, 5) is 0. The average molecular weight is 302 g/mol. The van der Waals surface area contributed by atoms with Gasteiger partial charge in [-0.25, -0.2) is 0 Å². The minimum atomic E-state index is 0.237. The lowest BCUT2D eigenvalue weighted by Crippen LogP contribution is -1.77. The van der Waals surface area contributed by atoms with E-state index in [-0.39, 0.29) is 5.76 Å². The van der Waals surface area contributed by atoms with Gasteiger partial charge < -0.3 is 5.11 Å². The van der Waals surface area contributed by atoms with Crippen LogP contribution >= 0.6 is 0 Å². The van der Waals surface area contributed by atoms with E-state index in [0.717, 1.165) is 5.56 Å². The van der Waals surface area contributed by atoms with Crippen molar-refractivity contribution in [2.45, 2.75) is 13.8 Å². The molecule has 0 saturated carbocycles. The molecule has 0 aliphatic carbocycles. The van der Waals surface area contributed by atoms with Crippen LogP contribution in [-0.4, -0.2) is 5.11 Å². The molecule has 0 aliphatic heterocycles. The van der Waals surface area contributed by atoms with Crippen LogP contribution in [0, 0.1) is 13.8 Å². The summed E-state index contributed by atoms with van der Waals surface area (Å²) in [6.07, 6.45) is 13.1. The van der Waals surface area contributed by atoms with Gasteiger partial charge in [0.25, 0.3) is 0 Å². The van der Waals surface area contributed by atoms with Crippen LogP contribution in [0.5, 0.6) is 0 Å². The molecule has 0 unspecified atom stereocenters. The smallest absolute Gasteiger partial charge is 0.116 e. The summed E-state index contributed by atoms with van der Waals surface area (Å²) >= 11 is 0. The Hall–Kier alpha value is -2.80. The molecule has 0 amide bonds. The maximum atomic E-state index is 9.85. The third kappa shape index (κ3) is 6.23. The Morgan fingerprint density at radius 2 is 1.22 bits per heavy atom. The van der Waals surface area contributed by atoms with Gasteiger partial charge in [0, 0.05) is 0 Å². The van der Waals surface area contributed by atoms with Gasteiger partial charge in [-0.3, -0.25) is 0 Å². The van der Waals surface area contributed by atoms with Crippen molar-refractivity contribution >= 4 is 12.2 Å². The second-order valence-electron chi connectivity index (χ2n) is 5.49. The highest BCUT2D eigenvalue weighted by Gasteiger charge is 1.89. The molecule has 116 valence electrons. The number of aliphatic hydroxyl groups excluding tert-OH is 1. The van der Waals surface area contributed by atoms with Gasteiger partial charge in [-0.2, -0.15) is 0 Å². The van der Waals surface area contributed by atoms with Gasteiger partial charge in [0.2, 0.25) is 0 Å². The molecule has 2 rings (SSSR count). The van der Waals surface area contributed by atoms with E-state index in [1.54, 1.807) is 12.2 Å². The zero-order valence-corrected chi connectivity index (χ0v) is 13.6. The zero-order chi connectivity index (χ0) is 16.5. The van der Waals surface area contributed by atoms with Crippen molar-refractivity contribution in [2.24, 2.45) is 0 Å². The predicted molar refractivity (Wildman–Crippen MR) is 100 cm³/mol. The first kappa shape index (κ1) is 16.6. The number of rotatable bonds is 5. The van der Waals surface area contributed by atoms with Crippen LogP contribution in [0.15, 0.2) is 84.7 Å². The van der Waals surface area contributed by atoms with Crippen LogP contribution in [0.3, 0.4) is 0 Å². The first-order valence-corrected chi connectivity index (χ1v) is 7.69. The highest BCUT2D eigenvalue weighted by atomic mass is 16.3. The molecular formula is C22H22O. The van der Waals surface area contributed by atoms with Gasteiger partial charge in [-0.1, -0.05) is 90.0 Å². The van der Waals surface area contributed by atoms with Crippen LogP contribution < -0.4 is 0 Å². The Morgan fingerprint density at radius 3 is 1.83 bits per heavy atom. The van der Waals surface area contributed by atoms with E-state index in [1.165, 1.54) is 16.7 Å². The molecular weight excluding hydrogens is 280 g/mol. The van der Waals surface area contributed by atoms with Gasteiger partial charge in [-0.05, 0) is 37.1 Å². The van der Waals surface area contributed by atoms with Crippen molar-refractivity contribution in [1.82, 2.24) is 0 Å². The molecule has 0 heterocycles. The number of aliphatic hydroxyl groups is 1. The van der Waals surface area contributed by atoms with Crippen molar-refractivity contribution in [2.75, 3.05) is 0 Å². The highest BCUT2D eigenvalue weighted by molar-refractivity contribution is 5.54. The molecule has 0 bridgehead atoms. The van der Waals surface area contributed by atoms with Crippen LogP contribution in [-0.2, 0) is 0 Å². The third-order valence-electron chi connectivity index (χ3n) is 3.36. The second-order valence-corrected chi connectivity index (χ2v) is 5.49. The lowest BCUT2D eigenvalue weighted by Gasteiger charge is -1.95. The van der Waals surface area contributed by atoms with Crippen LogP contribution in [0.2, 0.25) is 0 Å². The second kappa shape index (κ2) is 8.60. The minimum absolute atomic E-state index is 0.237. The van der Waals surface area contributed by atoms with E-state index in [1.807, 2.05) is 61.6 Å². The molecule has 0 aliphatic rings. The Bertz CT molecular complexity index is 727. The fraction of sp³-hybridized carbons (Fsp3) is 0.0909. The summed E-state index contributed by atoms with van der Waals surface area (Å²) in [5.41, 5.74) is 4.63. The molecule has 23 heavy (non-hydrogen) atoms. The van der Waals surface area contributed by atoms with E-state index >= 15 is 0 Å². The van der Waals surface area contributed by atoms with Crippen LogP contribution in [0.1, 0.15) is 22.3 Å². The fourth-order valence-corrected chi connectivity index (χ4v) is 2.01. The van der Waals surface area contributed by atoms with Gasteiger partial charge >= 0.3 is 0 Å². The minimum Gasteiger partial charge on any atom is -0.508 e. The van der Waals surface area contributed by atoms with Crippen molar-refractivity contribution in [3.8, 4) is 0 Å². The third-order valence-corrected chi connectivity index (χ3v) is 3.36. The molecule has 1 nitrogen and oxygen atoms in total. The standard InChI is InChI=1S/C22H22O/c1-18-9-13-20(14-10-18)7-5-3-4-6-8-22(23)17-21-15-11-19(2)12-16-21/h3-17,23H,1-2H3. The molecule has 0 spiro atoms. The van der Waals surface area contributed by atoms with E-state index in [0.29, 0.717) is 0 Å². The maximum Gasteiger partial charge on any atom is 0.116 e. The lowest BCUT2D eigenvalue weighted by molar-refractivity contribution is 0.437. The Labute approximate surface area is 138 Å². The summed E-state index contributed by atoms with van der Waals surface area (Å²) in [5, 5.41) is 9.85. The highest BCUT2D eigenvalue weighted by Crippen LogP contribution is 2.08. The Kier molecular flexibility index (Phi) is 6.19. The molecule has 2 aromatic carbocycles. The van der Waals surface area contributed by atoms with E-state index in [4.69, 9.17) is 0 Å². The molecule has 0 radical (unpaired) electrons. The summed E-state index contributed by atoms with van der Waals surface area (Å²) in [6, 6.07) is 16.4. The quantitative estimate of drug-likeness (QED) is 0.528. The van der Waals surface area contributed by atoms with Crippen LogP contribution in [0.25, 0.3) is 12.2 Å². The first-order valence-electron chi connectivity index (χ1n) is 7.69. The zero-order valence-electron chi connectivity index (χ0n) is 13.6. The van der Waals surface area contributed by atoms with E-state index < -0.39 is 0 Å². The predicted octanol–water partition coefficient (Wildman–Crippen LogP) is 6.03. The van der Waals surface area contributed by atoms with Gasteiger partial charge in [-0.15, -0.1) is 0 Å². The normalized spacial score (nSPS) is 12.7. The molecule has 0 fully saturated rings. The summed E-state index contributed by atoms with van der Waals surface area (Å²) < 4.78 is 0. The maximum absolute atomic E-state index is 9.85. The van der Waals surface area contributed by atoms with Gasteiger partial charge in [0.05, 0.1) is 0 Å². The molecule has 1 heteroatoms. The molecule has 0 atom stereocenters. The van der Waals surface area contributed by atoms with E-state index in [2.05, 4.69) is 31.2 Å². The number of hydrogen-bond acceptors (Lipinski definition) is 1. The Morgan fingerprint density at radius 1 is 0.696 bits per heavy atom. The summed E-state index contributed by atoms with van der Waals surface area (Å²) in [7, 11) is 0. The SMILES string of the molecule is Cc1ccc(C=CC=CC=CC(O)=Cc2ccc(C)cc2)cc1. The van der Waals surface area contributed by atoms with Gasteiger partial charge in [0.15, 0.2) is 0 Å². The molecule has 0 aromatic heterocycles. The number of benzene rings is 2. The lowest BCUT2D eigenvalue weighted by atomic mass is 10.1. The van der Waals surface area contributed by atoms with Crippen molar-refractivity contribution in [3.63, 3.8) is 0 Å². The first-order chi connectivity index (χ1) is 11.1. The van der Waals surface area contributed by atoms with Crippen molar-refractivity contribution in [1.29, 1.82) is 0 Å². The average Bonchev–Trinajstić information content (AvgIpc) is 2.54. The number of hydrogen-bond donors (Lipinski definition) is 1. The number of aryl methyl sites for hydroxylation is 2. The van der Waals surface area contributed by atoms with Crippen LogP contribution in [0.4, 0.5) is 0 Å². The van der Waals surface area contributed by atoms with Gasteiger partial charge in [0.1, 0.15) is 5.76 Å². The topological polar surface area (TPSA) is 20.2 Å². The molecule has 2 aromatic rings. The largest absolute Gasteiger partial charge is 0.508 e. The molecule has 0 saturated heterocycles. The summed E-state index contributed by atoms with van der Waals surface area (Å²) in [5.74, 6) is 0.237. The Balaban J connectivity index is 1.87. The summed E-state index contributed by atoms with van der Waals surface area (Å²) in [6.45, 7) is 4.12. The fourth-order valence-electron chi connectivity index (χ4n) is 2.01. The molecule has 1 N–H and O–H groups in total. The van der Waals surface area contributed by atoms with Crippen molar-refractivity contribution < 1.29 is 5.11 Å².